The molecule has 1 aliphatic rings. The van der Waals surface area contributed by atoms with E-state index in [1.807, 2.05) is 0 Å². The molecule has 1 atom stereocenters. The molecule has 134 valence electrons. The van der Waals surface area contributed by atoms with Gasteiger partial charge in [-0.15, -0.1) is 0 Å². The number of aliphatic hydroxyl groups excluding tert-OH is 1. The minimum Gasteiger partial charge on any atom is -0.390 e. The summed E-state index contributed by atoms with van der Waals surface area (Å²) in [5.41, 5.74) is 2.48. The Morgan fingerprint density at radius 2 is 1.92 bits per heavy atom. The molecule has 0 radical (unpaired) electrons. The third kappa shape index (κ3) is 6.59. The molecule has 1 unspecified atom stereocenters. The van der Waals surface area contributed by atoms with Crippen LogP contribution in [0.15, 0.2) is 24.3 Å². The lowest BCUT2D eigenvalue weighted by atomic mass is 10.0. The number of rotatable bonds is 8. The van der Waals surface area contributed by atoms with Gasteiger partial charge in [-0.05, 0) is 23.5 Å². The summed E-state index contributed by atoms with van der Waals surface area (Å²) in [5.74, 6) is 0.513. The van der Waals surface area contributed by atoms with Gasteiger partial charge < -0.3 is 15.2 Å². The largest absolute Gasteiger partial charge is 0.390 e. The van der Waals surface area contributed by atoms with E-state index in [1.54, 1.807) is 0 Å². The number of amides is 1. The second-order valence-electron chi connectivity index (χ2n) is 6.77. The fraction of sp³-hybridized carbons (Fsp3) is 0.632. The smallest absolute Gasteiger partial charge is 0.220 e. The Morgan fingerprint density at radius 3 is 2.54 bits per heavy atom. The van der Waals surface area contributed by atoms with Crippen LogP contribution in [-0.2, 0) is 16.0 Å². The van der Waals surface area contributed by atoms with Crippen LogP contribution in [0, 0.1) is 0 Å². The van der Waals surface area contributed by atoms with Crippen LogP contribution in [0.25, 0.3) is 0 Å². The van der Waals surface area contributed by atoms with Crippen LogP contribution >= 0.6 is 0 Å². The number of carbonyl (C=O) groups is 1. The highest BCUT2D eigenvalue weighted by atomic mass is 16.5. The van der Waals surface area contributed by atoms with Gasteiger partial charge >= 0.3 is 0 Å². The summed E-state index contributed by atoms with van der Waals surface area (Å²) in [6.07, 6.45) is 0.645. The third-order valence-electron chi connectivity index (χ3n) is 4.39. The second-order valence-corrected chi connectivity index (χ2v) is 6.77. The van der Waals surface area contributed by atoms with E-state index in [1.165, 1.54) is 11.1 Å². The lowest BCUT2D eigenvalue weighted by molar-refractivity contribution is -0.121. The summed E-state index contributed by atoms with van der Waals surface area (Å²) in [7, 11) is 0. The Hall–Kier alpha value is -1.43. The Balaban J connectivity index is 1.63. The van der Waals surface area contributed by atoms with E-state index in [9.17, 15) is 9.90 Å². The van der Waals surface area contributed by atoms with Gasteiger partial charge in [0, 0.05) is 32.6 Å². The molecule has 1 saturated heterocycles. The van der Waals surface area contributed by atoms with Crippen LogP contribution in [0.2, 0.25) is 0 Å². The number of carbonyl (C=O) groups excluding carboxylic acids is 1. The molecule has 2 N–H and O–H groups in total. The van der Waals surface area contributed by atoms with Crippen LogP contribution in [0.1, 0.15) is 37.3 Å². The zero-order chi connectivity index (χ0) is 17.4. The van der Waals surface area contributed by atoms with Gasteiger partial charge in [-0.1, -0.05) is 38.1 Å². The molecule has 0 aromatic heterocycles. The summed E-state index contributed by atoms with van der Waals surface area (Å²) in [6.45, 7) is 8.36. The van der Waals surface area contributed by atoms with E-state index < -0.39 is 6.10 Å². The van der Waals surface area contributed by atoms with Gasteiger partial charge in [-0.3, -0.25) is 9.69 Å². The Labute approximate surface area is 145 Å². The van der Waals surface area contributed by atoms with Crippen molar-refractivity contribution in [2.75, 3.05) is 39.4 Å². The fourth-order valence-corrected chi connectivity index (χ4v) is 2.79. The van der Waals surface area contributed by atoms with E-state index in [2.05, 4.69) is 48.3 Å². The van der Waals surface area contributed by atoms with Crippen molar-refractivity contribution in [2.45, 2.75) is 38.7 Å². The first-order valence-electron chi connectivity index (χ1n) is 8.88. The number of nitrogens with one attached hydrogen (secondary N) is 1. The molecule has 1 heterocycles. The minimum absolute atomic E-state index is 0.0102. The number of β-amino-alcohol motifs (C(OH)–C–C–N with tert-alkyl or cyclic N) is 1. The Morgan fingerprint density at radius 1 is 1.25 bits per heavy atom. The molecule has 1 fully saturated rings. The van der Waals surface area contributed by atoms with Gasteiger partial charge in [-0.2, -0.15) is 0 Å². The lowest BCUT2D eigenvalue weighted by Gasteiger charge is -2.28. The molecule has 24 heavy (non-hydrogen) atoms. The van der Waals surface area contributed by atoms with Gasteiger partial charge in [0.1, 0.15) is 0 Å². The van der Waals surface area contributed by atoms with Crippen LogP contribution in [0.3, 0.4) is 0 Å². The maximum atomic E-state index is 11.9. The molecule has 5 heteroatoms. The van der Waals surface area contributed by atoms with Gasteiger partial charge in [0.15, 0.2) is 0 Å². The molecule has 0 aliphatic carbocycles. The summed E-state index contributed by atoms with van der Waals surface area (Å²) in [5, 5.41) is 12.8. The van der Waals surface area contributed by atoms with Gasteiger partial charge in [0.05, 0.1) is 19.3 Å². The van der Waals surface area contributed by atoms with Crippen LogP contribution in [-0.4, -0.2) is 61.4 Å². The van der Waals surface area contributed by atoms with Gasteiger partial charge in [0.25, 0.3) is 0 Å². The zero-order valence-electron chi connectivity index (χ0n) is 14.8. The summed E-state index contributed by atoms with van der Waals surface area (Å²) in [6, 6.07) is 8.44. The molecule has 5 nitrogen and oxygen atoms in total. The number of aryl methyl sites for hydroxylation is 1. The summed E-state index contributed by atoms with van der Waals surface area (Å²) >= 11 is 0. The second kappa shape index (κ2) is 9.77. The molecular weight excluding hydrogens is 304 g/mol. The highest BCUT2D eigenvalue weighted by Crippen LogP contribution is 2.15. The molecule has 0 bridgehead atoms. The normalized spacial score (nSPS) is 17.0. The van der Waals surface area contributed by atoms with E-state index >= 15 is 0 Å². The van der Waals surface area contributed by atoms with Crippen LogP contribution in [0.4, 0.5) is 0 Å². The van der Waals surface area contributed by atoms with E-state index in [-0.39, 0.29) is 5.91 Å². The van der Waals surface area contributed by atoms with Crippen molar-refractivity contribution in [3.05, 3.63) is 35.4 Å². The summed E-state index contributed by atoms with van der Waals surface area (Å²) in [4.78, 5) is 14.1. The highest BCUT2D eigenvalue weighted by molar-refractivity contribution is 5.76. The molecular formula is C19H30N2O3. The van der Waals surface area contributed by atoms with Crippen molar-refractivity contribution in [3.8, 4) is 0 Å². The standard InChI is InChI=1S/C19H30N2O3/c1-15(2)17-6-3-16(4-7-17)5-8-19(23)20-13-18(22)14-21-9-11-24-12-10-21/h3-4,6-7,15,18,22H,5,8-14H2,1-2H3,(H,20,23). The maximum absolute atomic E-state index is 11.9. The molecule has 1 aromatic rings. The number of hydrogen-bond donors (Lipinski definition) is 2. The van der Waals surface area contributed by atoms with Crippen LogP contribution < -0.4 is 5.32 Å². The fourth-order valence-electron chi connectivity index (χ4n) is 2.79. The number of nitrogens with zero attached hydrogens (tertiary/aromatic N) is 1. The van der Waals surface area contributed by atoms with E-state index in [4.69, 9.17) is 4.74 Å². The first-order valence-corrected chi connectivity index (χ1v) is 8.88. The first-order chi connectivity index (χ1) is 11.5. The molecule has 0 saturated carbocycles. The molecule has 1 amide bonds. The number of morpholine rings is 1. The number of benzene rings is 1. The minimum atomic E-state index is -0.530. The molecule has 0 spiro atoms. The number of hydrogen-bond acceptors (Lipinski definition) is 4. The average Bonchev–Trinajstić information content (AvgIpc) is 2.59. The zero-order valence-corrected chi connectivity index (χ0v) is 14.8. The predicted octanol–water partition coefficient (Wildman–Crippen LogP) is 1.55. The van der Waals surface area contributed by atoms with Gasteiger partial charge in [-0.25, -0.2) is 0 Å². The Bertz CT molecular complexity index is 496. The molecule has 1 aromatic carbocycles. The quantitative estimate of drug-likeness (QED) is 0.757. The van der Waals surface area contributed by atoms with Crippen molar-refractivity contribution in [1.82, 2.24) is 10.2 Å². The number of ether oxygens (including phenoxy) is 1. The highest BCUT2D eigenvalue weighted by Gasteiger charge is 2.15. The van der Waals surface area contributed by atoms with Gasteiger partial charge in [0.2, 0.25) is 5.91 Å². The topological polar surface area (TPSA) is 61.8 Å². The predicted molar refractivity (Wildman–Crippen MR) is 95.1 cm³/mol. The summed E-state index contributed by atoms with van der Waals surface area (Å²) < 4.78 is 5.28. The maximum Gasteiger partial charge on any atom is 0.220 e. The Kier molecular flexibility index (Phi) is 7.69. The van der Waals surface area contributed by atoms with E-state index in [0.717, 1.165) is 19.5 Å². The third-order valence-corrected chi connectivity index (χ3v) is 4.39. The van der Waals surface area contributed by atoms with Crippen molar-refractivity contribution < 1.29 is 14.6 Å². The number of aliphatic hydroxyl groups is 1. The first kappa shape index (κ1) is 18.9. The average molecular weight is 334 g/mol. The SMILES string of the molecule is CC(C)c1ccc(CCC(=O)NCC(O)CN2CCOCC2)cc1. The molecule has 2 rings (SSSR count). The van der Waals surface area contributed by atoms with Crippen molar-refractivity contribution >= 4 is 5.91 Å². The van der Waals surface area contributed by atoms with E-state index in [0.29, 0.717) is 38.6 Å². The molecule has 1 aliphatic heterocycles. The van der Waals surface area contributed by atoms with Crippen LogP contribution in [0.5, 0.6) is 0 Å². The lowest BCUT2D eigenvalue weighted by Crippen LogP contribution is -2.44. The van der Waals surface area contributed by atoms with Crippen molar-refractivity contribution in [2.24, 2.45) is 0 Å². The van der Waals surface area contributed by atoms with Crippen molar-refractivity contribution in [3.63, 3.8) is 0 Å². The monoisotopic (exact) mass is 334 g/mol. The van der Waals surface area contributed by atoms with Crippen molar-refractivity contribution in [1.29, 1.82) is 0 Å².